The van der Waals surface area contributed by atoms with Gasteiger partial charge in [-0.1, -0.05) is 43.2 Å². The number of piperazine rings is 1. The van der Waals surface area contributed by atoms with Gasteiger partial charge in [0.2, 0.25) is 0 Å². The van der Waals surface area contributed by atoms with Gasteiger partial charge in [0.05, 0.1) is 11.8 Å². The maximum Gasteiger partial charge on any atom is 0.446 e. The molecule has 1 aliphatic heterocycles. The van der Waals surface area contributed by atoms with Crippen molar-refractivity contribution < 1.29 is 22.7 Å². The number of benzene rings is 3. The van der Waals surface area contributed by atoms with Gasteiger partial charge in [-0.2, -0.15) is 13.2 Å². The number of nitrogens with zero attached hydrogens (tertiary/aromatic N) is 3. The number of aromatic nitrogens is 2. The van der Waals surface area contributed by atoms with Crippen molar-refractivity contribution in [2.75, 3.05) is 63.1 Å². The van der Waals surface area contributed by atoms with E-state index in [2.05, 4.69) is 61.1 Å². The highest BCUT2D eigenvalue weighted by atomic mass is 35.5. The number of pyridine rings is 1. The van der Waals surface area contributed by atoms with E-state index in [9.17, 15) is 18.0 Å². The summed E-state index contributed by atoms with van der Waals surface area (Å²) in [6, 6.07) is 22.2. The molecular weight excluding hydrogens is 803 g/mol. The van der Waals surface area contributed by atoms with Crippen molar-refractivity contribution in [3.05, 3.63) is 107 Å². The highest BCUT2D eigenvalue weighted by molar-refractivity contribution is 8.00. The Kier molecular flexibility index (Phi) is 13.2. The molecule has 3 heterocycles. The normalized spacial score (nSPS) is 16.2. The second-order valence-corrected chi connectivity index (χ2v) is 17.8. The standard InChI is InChI=1S/C43H47ClF3N7O2S2/c1-42(2)14-12-30(36(25-42)28-4-6-31(44)7-5-28)27-53-18-20-54(21-19-53)32-8-10-35(38(23-32)56-33-22-29-13-15-50-40(29)51-26-33)41(55)52-58-34-9-11-37(49-17-16-48-3)39(24-34)57-43(45,46)47/h4-11,13,15,22-24,26,48-49H,12,14,16-21,25,27H2,1-3H3,(H,50,51)(H,52,55). The number of fused-ring (bicyclic) bond motifs is 1. The van der Waals surface area contributed by atoms with Crippen molar-refractivity contribution in [1.29, 1.82) is 0 Å². The molecule has 0 bridgehead atoms. The molecule has 7 rings (SSSR count). The molecule has 0 radical (unpaired) electrons. The van der Waals surface area contributed by atoms with Crippen LogP contribution >= 0.6 is 35.3 Å². The van der Waals surface area contributed by atoms with E-state index in [1.165, 1.54) is 22.8 Å². The molecule has 2 aromatic heterocycles. The van der Waals surface area contributed by atoms with E-state index in [0.717, 1.165) is 80.0 Å². The first-order valence-corrected chi connectivity index (χ1v) is 21.3. The molecule has 5 aromatic rings. The Balaban J connectivity index is 1.07. The minimum absolute atomic E-state index is 0.0189. The summed E-state index contributed by atoms with van der Waals surface area (Å²) in [5.41, 5.74) is 2.24. The zero-order chi connectivity index (χ0) is 40.9. The number of thioether (sulfide) groups is 1. The Bertz CT molecular complexity index is 2260. The van der Waals surface area contributed by atoms with Gasteiger partial charge in [0.25, 0.3) is 5.91 Å². The van der Waals surface area contributed by atoms with Crippen LogP contribution in [0.1, 0.15) is 49.0 Å². The molecule has 306 valence electrons. The Morgan fingerprint density at radius 3 is 2.55 bits per heavy atom. The molecule has 1 saturated heterocycles. The van der Waals surface area contributed by atoms with Gasteiger partial charge in [-0.05, 0) is 121 Å². The van der Waals surface area contributed by atoms with Crippen LogP contribution in [0.5, 0.6) is 11.5 Å². The summed E-state index contributed by atoms with van der Waals surface area (Å²) >= 11 is 6.99. The first kappa shape index (κ1) is 41.8. The molecule has 0 atom stereocenters. The van der Waals surface area contributed by atoms with E-state index in [-0.39, 0.29) is 27.6 Å². The van der Waals surface area contributed by atoms with Crippen LogP contribution < -0.4 is 25.0 Å². The monoisotopic (exact) mass is 849 g/mol. The summed E-state index contributed by atoms with van der Waals surface area (Å²) in [6.45, 7) is 10.0. The van der Waals surface area contributed by atoms with Gasteiger partial charge in [-0.3, -0.25) is 14.4 Å². The first-order valence-electron chi connectivity index (χ1n) is 19.3. The molecule has 2 aliphatic rings. The lowest BCUT2D eigenvalue weighted by atomic mass is 9.72. The summed E-state index contributed by atoms with van der Waals surface area (Å²) in [5, 5.41) is 7.62. The number of hydrogen-bond donors (Lipinski definition) is 4. The Labute approximate surface area is 350 Å². The van der Waals surface area contributed by atoms with E-state index in [1.54, 1.807) is 37.6 Å². The van der Waals surface area contributed by atoms with Crippen LogP contribution in [-0.4, -0.2) is 79.1 Å². The number of anilines is 2. The van der Waals surface area contributed by atoms with E-state index >= 15 is 0 Å². The molecule has 0 spiro atoms. The van der Waals surface area contributed by atoms with Crippen LogP contribution in [0.2, 0.25) is 5.02 Å². The predicted octanol–water partition coefficient (Wildman–Crippen LogP) is 10.5. The number of carbonyl (C=O) groups is 1. The number of alkyl halides is 3. The van der Waals surface area contributed by atoms with Gasteiger partial charge in [-0.25, -0.2) is 4.98 Å². The number of amides is 1. The molecule has 9 nitrogen and oxygen atoms in total. The van der Waals surface area contributed by atoms with Crippen LogP contribution in [-0.2, 0) is 0 Å². The minimum atomic E-state index is -4.48. The van der Waals surface area contributed by atoms with E-state index in [0.29, 0.717) is 40.8 Å². The van der Waals surface area contributed by atoms with E-state index in [4.69, 9.17) is 16.3 Å². The minimum Gasteiger partial charge on any atom is -0.455 e. The van der Waals surface area contributed by atoms with Crippen molar-refractivity contribution in [1.82, 2.24) is 24.9 Å². The summed E-state index contributed by atoms with van der Waals surface area (Å²) in [6.07, 6.45) is 6.67. The average molecular weight is 850 g/mol. The largest absolute Gasteiger partial charge is 0.455 e. The lowest BCUT2D eigenvalue weighted by Gasteiger charge is -2.39. The number of ether oxygens (including phenoxy) is 1. The zero-order valence-corrected chi connectivity index (χ0v) is 35.0. The lowest BCUT2D eigenvalue weighted by Crippen LogP contribution is -2.47. The fourth-order valence-corrected chi connectivity index (χ4v) is 8.90. The van der Waals surface area contributed by atoms with Gasteiger partial charge in [0.15, 0.2) is 0 Å². The second kappa shape index (κ2) is 18.3. The molecule has 3 aromatic carbocycles. The SMILES string of the molecule is CNCCNc1ccc(SNC(=O)c2ccc(N3CCN(CC4=C(c5ccc(Cl)cc5)CC(C)(C)CC4)CC3)cc2Oc2cnc3[nH]ccc3c2)cc1SC(F)(F)F. The van der Waals surface area contributed by atoms with Gasteiger partial charge in [0, 0.05) is 89.7 Å². The van der Waals surface area contributed by atoms with E-state index in [1.807, 2.05) is 36.4 Å². The zero-order valence-electron chi connectivity index (χ0n) is 32.6. The van der Waals surface area contributed by atoms with Crippen LogP contribution in [0.4, 0.5) is 24.5 Å². The van der Waals surface area contributed by atoms with Crippen LogP contribution in [0.25, 0.3) is 16.6 Å². The number of allylic oxidation sites excluding steroid dienone is 1. The molecule has 1 fully saturated rings. The van der Waals surface area contributed by atoms with Gasteiger partial charge in [-0.15, -0.1) is 0 Å². The number of likely N-dealkylation sites (N-methyl/N-ethyl adjacent to an activating group) is 1. The fourth-order valence-electron chi connectivity index (χ4n) is 7.38. The third-order valence-corrected chi connectivity index (χ3v) is 12.3. The molecule has 1 amide bonds. The fraction of sp³-hybridized carbons (Fsp3) is 0.349. The van der Waals surface area contributed by atoms with E-state index < -0.39 is 11.4 Å². The topological polar surface area (TPSA) is 97.6 Å². The third kappa shape index (κ3) is 10.8. The van der Waals surface area contributed by atoms with Crippen LogP contribution in [0, 0.1) is 5.41 Å². The number of nitrogens with one attached hydrogen (secondary N) is 4. The molecule has 0 unspecified atom stereocenters. The molecule has 15 heteroatoms. The summed E-state index contributed by atoms with van der Waals surface area (Å²) in [7, 11) is 1.77. The van der Waals surface area contributed by atoms with Crippen LogP contribution in [0.15, 0.2) is 101 Å². The highest BCUT2D eigenvalue weighted by Gasteiger charge is 2.32. The highest BCUT2D eigenvalue weighted by Crippen LogP contribution is 2.44. The van der Waals surface area contributed by atoms with Crippen molar-refractivity contribution in [2.24, 2.45) is 5.41 Å². The third-order valence-electron chi connectivity index (χ3n) is 10.5. The van der Waals surface area contributed by atoms with Crippen LogP contribution in [0.3, 0.4) is 0 Å². The van der Waals surface area contributed by atoms with Gasteiger partial charge < -0.3 is 25.3 Å². The molecular formula is C43H47ClF3N7O2S2. The summed E-state index contributed by atoms with van der Waals surface area (Å²) in [5.74, 6) is 0.356. The smallest absolute Gasteiger partial charge is 0.446 e. The quantitative estimate of drug-likeness (QED) is 0.0495. The maximum atomic E-state index is 13.8. The number of aromatic amines is 1. The number of rotatable bonds is 14. The number of halogens is 4. The van der Waals surface area contributed by atoms with Crippen molar-refractivity contribution >= 4 is 69.2 Å². The first-order chi connectivity index (χ1) is 27.8. The average Bonchev–Trinajstić information content (AvgIpc) is 3.66. The molecule has 0 saturated carbocycles. The van der Waals surface area contributed by atoms with Gasteiger partial charge in [0.1, 0.15) is 17.1 Å². The second-order valence-electron chi connectivity index (χ2n) is 15.3. The summed E-state index contributed by atoms with van der Waals surface area (Å²) < 4.78 is 49.6. The van der Waals surface area contributed by atoms with Crippen molar-refractivity contribution in [3.63, 3.8) is 0 Å². The van der Waals surface area contributed by atoms with Crippen molar-refractivity contribution in [3.8, 4) is 11.5 Å². The maximum absolute atomic E-state index is 13.8. The summed E-state index contributed by atoms with van der Waals surface area (Å²) in [4.78, 5) is 26.6. The molecule has 58 heavy (non-hydrogen) atoms. The molecule has 1 aliphatic carbocycles. The van der Waals surface area contributed by atoms with Gasteiger partial charge >= 0.3 is 5.51 Å². The number of hydrogen-bond acceptors (Lipinski definition) is 9. The Morgan fingerprint density at radius 2 is 1.79 bits per heavy atom. The Morgan fingerprint density at radius 1 is 1.00 bits per heavy atom. The number of H-pyrrole nitrogens is 1. The predicted molar refractivity (Wildman–Crippen MR) is 231 cm³/mol. The Hall–Kier alpha value is -4.34. The van der Waals surface area contributed by atoms with Crippen molar-refractivity contribution in [2.45, 2.75) is 48.4 Å². The lowest BCUT2D eigenvalue weighted by molar-refractivity contribution is -0.0328. The molecule has 4 N–H and O–H groups in total. The number of carbonyl (C=O) groups excluding carboxylic acids is 1.